The highest BCUT2D eigenvalue weighted by Crippen LogP contribution is 2.00. The van der Waals surface area contributed by atoms with Gasteiger partial charge in [0.05, 0.1) is 6.61 Å². The second kappa shape index (κ2) is 9.21. The fraction of sp³-hybridized carbons (Fsp3) is 1.00. The molecule has 0 aliphatic carbocycles. The van der Waals surface area contributed by atoms with E-state index in [0.717, 1.165) is 12.8 Å². The lowest BCUT2D eigenvalue weighted by Crippen LogP contribution is -2.23. The third-order valence-electron chi connectivity index (χ3n) is 1.41. The zero-order valence-corrected chi connectivity index (χ0v) is 7.36. The smallest absolute Gasteiger partial charge is 0.0582 e. The Morgan fingerprint density at radius 2 is 2.00 bits per heavy atom. The Labute approximate surface area is 69.2 Å². The van der Waals surface area contributed by atoms with E-state index in [9.17, 15) is 0 Å². The van der Waals surface area contributed by atoms with Gasteiger partial charge in [-0.1, -0.05) is 26.2 Å². The van der Waals surface area contributed by atoms with Crippen LogP contribution < -0.4 is 5.73 Å². The number of aliphatic hydroxyl groups is 1. The average Bonchev–Trinajstić information content (AvgIpc) is 1.89. The summed E-state index contributed by atoms with van der Waals surface area (Å²) in [5.41, 5.74) is 5.46. The quantitative estimate of drug-likeness (QED) is 0.607. The number of unbranched alkanes of at least 4 members (excludes halogenated alkanes) is 2. The van der Waals surface area contributed by atoms with Crippen molar-refractivity contribution in [2.24, 2.45) is 5.73 Å². The third-order valence-corrected chi connectivity index (χ3v) is 1.41. The van der Waals surface area contributed by atoms with Crippen LogP contribution in [0, 0.1) is 0 Å². The lowest BCUT2D eigenvalue weighted by molar-refractivity contribution is 0.257. The fourth-order valence-corrected chi connectivity index (χ4v) is 0.748. The maximum atomic E-state index is 8.51. The van der Waals surface area contributed by atoms with E-state index in [1.807, 2.05) is 0 Å². The molecule has 64 valence electrons. The number of nitrogens with two attached hydrogens (primary N) is 1. The van der Waals surface area contributed by atoms with Gasteiger partial charge in [0.15, 0.2) is 0 Å². The first-order chi connectivity index (χ1) is 4.31. The van der Waals surface area contributed by atoms with Crippen LogP contribution in [0.15, 0.2) is 0 Å². The molecule has 0 rings (SSSR count). The average molecular weight is 168 g/mol. The van der Waals surface area contributed by atoms with E-state index in [2.05, 4.69) is 6.92 Å². The van der Waals surface area contributed by atoms with E-state index >= 15 is 0 Å². The molecule has 10 heavy (non-hydrogen) atoms. The molecular formula is C7H18ClNO. The molecule has 0 spiro atoms. The van der Waals surface area contributed by atoms with E-state index in [4.69, 9.17) is 10.8 Å². The van der Waals surface area contributed by atoms with Crippen LogP contribution in [0.3, 0.4) is 0 Å². The Hall–Kier alpha value is 0.210. The minimum absolute atomic E-state index is 0. The Kier molecular flexibility index (Phi) is 11.8. The van der Waals surface area contributed by atoms with Crippen LogP contribution in [0.2, 0.25) is 0 Å². The van der Waals surface area contributed by atoms with Crippen LogP contribution in [0.4, 0.5) is 0 Å². The molecule has 0 aromatic carbocycles. The minimum atomic E-state index is 0. The highest BCUT2D eigenvalue weighted by Gasteiger charge is 1.97. The van der Waals surface area contributed by atoms with Crippen LogP contribution in [0.1, 0.15) is 32.6 Å². The molecule has 3 heteroatoms. The molecule has 0 amide bonds. The fourth-order valence-electron chi connectivity index (χ4n) is 0.748. The number of hydrogen-bond acceptors (Lipinski definition) is 2. The van der Waals surface area contributed by atoms with Gasteiger partial charge >= 0.3 is 0 Å². The first-order valence-electron chi connectivity index (χ1n) is 3.67. The van der Waals surface area contributed by atoms with Gasteiger partial charge in [0.25, 0.3) is 0 Å². The lowest BCUT2D eigenvalue weighted by atomic mass is 10.1. The zero-order valence-electron chi connectivity index (χ0n) is 6.55. The van der Waals surface area contributed by atoms with Gasteiger partial charge in [0.1, 0.15) is 0 Å². The van der Waals surface area contributed by atoms with Crippen molar-refractivity contribution in [3.8, 4) is 0 Å². The molecule has 0 aliphatic rings. The summed E-state index contributed by atoms with van der Waals surface area (Å²) in [5, 5.41) is 8.51. The van der Waals surface area contributed by atoms with Crippen LogP contribution >= 0.6 is 12.4 Å². The second-order valence-corrected chi connectivity index (χ2v) is 2.44. The molecule has 0 aromatic rings. The predicted molar refractivity (Wildman–Crippen MR) is 46.5 cm³/mol. The first-order valence-corrected chi connectivity index (χ1v) is 3.67. The van der Waals surface area contributed by atoms with Gasteiger partial charge in [-0.05, 0) is 6.42 Å². The second-order valence-electron chi connectivity index (χ2n) is 2.44. The molecule has 0 saturated heterocycles. The predicted octanol–water partition coefficient (Wildman–Crippen LogP) is 1.31. The van der Waals surface area contributed by atoms with Crippen LogP contribution in [0.5, 0.6) is 0 Å². The molecule has 0 aliphatic heterocycles. The van der Waals surface area contributed by atoms with Gasteiger partial charge in [-0.25, -0.2) is 0 Å². The number of halogens is 1. The van der Waals surface area contributed by atoms with Crippen molar-refractivity contribution < 1.29 is 5.11 Å². The molecule has 0 saturated carbocycles. The van der Waals surface area contributed by atoms with Crippen molar-refractivity contribution in [3.63, 3.8) is 0 Å². The van der Waals surface area contributed by atoms with Gasteiger partial charge < -0.3 is 10.8 Å². The highest BCUT2D eigenvalue weighted by molar-refractivity contribution is 5.85. The summed E-state index contributed by atoms with van der Waals surface area (Å²) in [6, 6.07) is 0.0107. The molecule has 1 atom stereocenters. The molecule has 0 aromatic heterocycles. The summed E-state index contributed by atoms with van der Waals surface area (Å²) in [7, 11) is 0. The summed E-state index contributed by atoms with van der Waals surface area (Å²) >= 11 is 0. The van der Waals surface area contributed by atoms with E-state index in [0.29, 0.717) is 0 Å². The normalized spacial score (nSPS) is 12.3. The molecule has 3 N–H and O–H groups in total. The first kappa shape index (κ1) is 12.8. The third kappa shape index (κ3) is 8.21. The van der Waals surface area contributed by atoms with Crippen LogP contribution in [0.25, 0.3) is 0 Å². The summed E-state index contributed by atoms with van der Waals surface area (Å²) < 4.78 is 0. The summed E-state index contributed by atoms with van der Waals surface area (Å²) in [6.45, 7) is 2.29. The Morgan fingerprint density at radius 3 is 2.40 bits per heavy atom. The highest BCUT2D eigenvalue weighted by atomic mass is 35.5. The van der Waals surface area contributed by atoms with Gasteiger partial charge in [0.2, 0.25) is 0 Å². The largest absolute Gasteiger partial charge is 0.395 e. The summed E-state index contributed by atoms with van der Waals surface area (Å²) in [5.74, 6) is 0. The van der Waals surface area contributed by atoms with Crippen molar-refractivity contribution >= 4 is 12.4 Å². The van der Waals surface area contributed by atoms with Crippen LogP contribution in [-0.4, -0.2) is 17.8 Å². The molecule has 0 radical (unpaired) electrons. The number of hydrogen-bond donors (Lipinski definition) is 2. The molecule has 0 heterocycles. The summed E-state index contributed by atoms with van der Waals surface area (Å²) in [4.78, 5) is 0. The van der Waals surface area contributed by atoms with Crippen molar-refractivity contribution in [2.75, 3.05) is 6.61 Å². The Morgan fingerprint density at radius 1 is 1.40 bits per heavy atom. The number of aliphatic hydroxyl groups excluding tert-OH is 1. The summed E-state index contributed by atoms with van der Waals surface area (Å²) in [6.07, 6.45) is 4.56. The Balaban J connectivity index is 0. The van der Waals surface area contributed by atoms with E-state index in [1.165, 1.54) is 12.8 Å². The molecule has 0 fully saturated rings. The van der Waals surface area contributed by atoms with Gasteiger partial charge in [0, 0.05) is 6.04 Å². The topological polar surface area (TPSA) is 46.2 Å². The SMILES string of the molecule is CCCCCC(N)CO.Cl. The van der Waals surface area contributed by atoms with Crippen LogP contribution in [-0.2, 0) is 0 Å². The van der Waals surface area contributed by atoms with Crippen molar-refractivity contribution in [1.82, 2.24) is 0 Å². The minimum Gasteiger partial charge on any atom is -0.395 e. The van der Waals surface area contributed by atoms with E-state index in [1.54, 1.807) is 0 Å². The maximum absolute atomic E-state index is 8.51. The van der Waals surface area contributed by atoms with Crippen molar-refractivity contribution in [1.29, 1.82) is 0 Å². The van der Waals surface area contributed by atoms with Gasteiger partial charge in [-0.2, -0.15) is 0 Å². The maximum Gasteiger partial charge on any atom is 0.0582 e. The molecule has 1 unspecified atom stereocenters. The monoisotopic (exact) mass is 167 g/mol. The van der Waals surface area contributed by atoms with Crippen molar-refractivity contribution in [3.05, 3.63) is 0 Å². The van der Waals surface area contributed by atoms with Crippen molar-refractivity contribution in [2.45, 2.75) is 38.6 Å². The van der Waals surface area contributed by atoms with E-state index < -0.39 is 0 Å². The Bertz CT molecular complexity index is 61.6. The zero-order chi connectivity index (χ0) is 7.11. The number of rotatable bonds is 5. The van der Waals surface area contributed by atoms with E-state index in [-0.39, 0.29) is 25.1 Å². The van der Waals surface area contributed by atoms with Gasteiger partial charge in [-0.15, -0.1) is 12.4 Å². The lowest BCUT2D eigenvalue weighted by Gasteiger charge is -2.05. The molecular weight excluding hydrogens is 150 g/mol. The standard InChI is InChI=1S/C7H17NO.ClH/c1-2-3-4-5-7(8)6-9;/h7,9H,2-6,8H2,1H3;1H. The molecule has 2 nitrogen and oxygen atoms in total. The van der Waals surface area contributed by atoms with Gasteiger partial charge in [-0.3, -0.25) is 0 Å². The molecule has 0 bridgehead atoms.